The molecule has 132 valence electrons. The minimum atomic E-state index is -3.73. The summed E-state index contributed by atoms with van der Waals surface area (Å²) in [5.41, 5.74) is 0.366. The number of methoxy groups -OCH3 is 1. The van der Waals surface area contributed by atoms with Gasteiger partial charge >= 0.3 is 5.97 Å². The quantitative estimate of drug-likeness (QED) is 0.873. The van der Waals surface area contributed by atoms with Crippen molar-refractivity contribution in [2.45, 2.75) is 11.4 Å². The zero-order chi connectivity index (χ0) is 18.0. The number of ether oxygens (including phenoxy) is 2. The Labute approximate surface area is 144 Å². The number of hydrogen-bond donors (Lipinski definition) is 1. The van der Waals surface area contributed by atoms with Crippen LogP contribution in [0.15, 0.2) is 41.3 Å². The molecule has 1 N–H and O–H groups in total. The van der Waals surface area contributed by atoms with Gasteiger partial charge in [0.1, 0.15) is 12.4 Å². The molecule has 0 atom stereocenters. The number of sulfonamides is 1. The molecule has 0 radical (unpaired) electrons. The molecule has 0 unspecified atom stereocenters. The van der Waals surface area contributed by atoms with E-state index in [4.69, 9.17) is 14.6 Å². The maximum Gasteiger partial charge on any atom is 0.354 e. The summed E-state index contributed by atoms with van der Waals surface area (Å²) in [6.45, 7) is 0.266. The Morgan fingerprint density at radius 3 is 2.60 bits per heavy atom. The number of aromatic nitrogens is 1. The van der Waals surface area contributed by atoms with Crippen LogP contribution in [-0.4, -0.2) is 49.0 Å². The summed E-state index contributed by atoms with van der Waals surface area (Å²) in [7, 11) is -2.22. The number of pyridine rings is 1. The summed E-state index contributed by atoms with van der Waals surface area (Å²) in [5, 5.41) is 8.99. The van der Waals surface area contributed by atoms with Gasteiger partial charge < -0.3 is 14.6 Å². The average Bonchev–Trinajstić information content (AvgIpc) is 2.83. The largest absolute Gasteiger partial charge is 0.497 e. The van der Waals surface area contributed by atoms with Gasteiger partial charge in [-0.15, -0.1) is 0 Å². The van der Waals surface area contributed by atoms with E-state index >= 15 is 0 Å². The van der Waals surface area contributed by atoms with Crippen LogP contribution in [0.5, 0.6) is 11.6 Å². The normalized spacial score (nSPS) is 14.9. The molecule has 9 heteroatoms. The second kappa shape index (κ2) is 6.69. The minimum Gasteiger partial charge on any atom is -0.497 e. The third kappa shape index (κ3) is 3.42. The van der Waals surface area contributed by atoms with E-state index in [0.717, 1.165) is 0 Å². The van der Waals surface area contributed by atoms with Crippen molar-refractivity contribution < 1.29 is 27.8 Å². The fourth-order valence-corrected chi connectivity index (χ4v) is 3.85. The van der Waals surface area contributed by atoms with Crippen LogP contribution in [-0.2, 0) is 16.6 Å². The van der Waals surface area contributed by atoms with Crippen LogP contribution in [0, 0.1) is 0 Å². The number of carboxylic acid groups (broad SMARTS) is 1. The first-order chi connectivity index (χ1) is 11.9. The Hall–Kier alpha value is -2.65. The predicted molar refractivity (Wildman–Crippen MR) is 87.3 cm³/mol. The molecule has 0 amide bonds. The SMILES string of the molecule is COc1ccc(S(=O)(=O)N2CCOc3nc(C(=O)O)ccc3C2)cc1. The highest BCUT2D eigenvalue weighted by Gasteiger charge is 2.28. The molecule has 0 saturated carbocycles. The maximum absolute atomic E-state index is 12.8. The first kappa shape index (κ1) is 17.2. The van der Waals surface area contributed by atoms with Crippen LogP contribution in [0.2, 0.25) is 0 Å². The van der Waals surface area contributed by atoms with Crippen LogP contribution in [0.25, 0.3) is 0 Å². The van der Waals surface area contributed by atoms with E-state index in [1.165, 1.54) is 35.7 Å². The highest BCUT2D eigenvalue weighted by atomic mass is 32.2. The van der Waals surface area contributed by atoms with Crippen LogP contribution in [0.3, 0.4) is 0 Å². The smallest absolute Gasteiger partial charge is 0.354 e. The topological polar surface area (TPSA) is 106 Å². The van der Waals surface area contributed by atoms with E-state index < -0.39 is 16.0 Å². The monoisotopic (exact) mass is 364 g/mol. The Bertz CT molecular complexity index is 895. The van der Waals surface area contributed by atoms with Gasteiger partial charge in [-0.1, -0.05) is 0 Å². The van der Waals surface area contributed by atoms with E-state index in [-0.39, 0.29) is 36.2 Å². The van der Waals surface area contributed by atoms with Crippen molar-refractivity contribution in [3.63, 3.8) is 0 Å². The molecule has 8 nitrogen and oxygen atoms in total. The third-order valence-electron chi connectivity index (χ3n) is 3.78. The number of aromatic carboxylic acids is 1. The first-order valence-corrected chi connectivity index (χ1v) is 8.86. The molecule has 0 bridgehead atoms. The van der Waals surface area contributed by atoms with E-state index in [1.54, 1.807) is 12.1 Å². The molecule has 0 saturated heterocycles. The molecule has 1 aromatic heterocycles. The second-order valence-electron chi connectivity index (χ2n) is 5.33. The van der Waals surface area contributed by atoms with Crippen LogP contribution in [0.1, 0.15) is 16.1 Å². The van der Waals surface area contributed by atoms with Crippen LogP contribution < -0.4 is 9.47 Å². The van der Waals surface area contributed by atoms with Crippen molar-refractivity contribution in [1.29, 1.82) is 0 Å². The molecule has 1 aliphatic heterocycles. The number of nitrogens with zero attached hydrogens (tertiary/aromatic N) is 2. The molecule has 0 fully saturated rings. The summed E-state index contributed by atoms with van der Waals surface area (Å²) >= 11 is 0. The Kier molecular flexibility index (Phi) is 4.60. The number of carbonyl (C=O) groups is 1. The molecule has 0 aliphatic carbocycles. The lowest BCUT2D eigenvalue weighted by atomic mass is 10.2. The lowest BCUT2D eigenvalue weighted by molar-refractivity contribution is 0.0689. The second-order valence-corrected chi connectivity index (χ2v) is 7.27. The molecule has 0 spiro atoms. The highest BCUT2D eigenvalue weighted by molar-refractivity contribution is 7.89. The number of carboxylic acids is 1. The van der Waals surface area contributed by atoms with E-state index in [0.29, 0.717) is 11.3 Å². The Morgan fingerprint density at radius 1 is 1.24 bits per heavy atom. The molecule has 2 heterocycles. The van der Waals surface area contributed by atoms with Gasteiger partial charge in [-0.05, 0) is 36.4 Å². The standard InChI is InChI=1S/C16H16N2O6S/c1-23-12-3-5-13(6-4-12)25(21,22)18-8-9-24-15-11(10-18)2-7-14(17-15)16(19)20/h2-7H,8-10H2,1H3,(H,19,20). The first-order valence-electron chi connectivity index (χ1n) is 7.42. The number of hydrogen-bond acceptors (Lipinski definition) is 6. The zero-order valence-corrected chi connectivity index (χ0v) is 14.2. The zero-order valence-electron chi connectivity index (χ0n) is 13.4. The Morgan fingerprint density at radius 2 is 1.96 bits per heavy atom. The fraction of sp³-hybridized carbons (Fsp3) is 0.250. The van der Waals surface area contributed by atoms with Gasteiger partial charge in [0.2, 0.25) is 15.9 Å². The lowest BCUT2D eigenvalue weighted by Gasteiger charge is -2.19. The third-order valence-corrected chi connectivity index (χ3v) is 5.64. The summed E-state index contributed by atoms with van der Waals surface area (Å²) < 4.78 is 37.4. The molecule has 1 aromatic carbocycles. The van der Waals surface area contributed by atoms with E-state index in [1.807, 2.05) is 0 Å². The molecule has 2 aromatic rings. The van der Waals surface area contributed by atoms with Gasteiger partial charge in [0.15, 0.2) is 5.69 Å². The Balaban J connectivity index is 1.91. The summed E-state index contributed by atoms with van der Waals surface area (Å²) in [6.07, 6.45) is 0. The van der Waals surface area contributed by atoms with Crippen molar-refractivity contribution >= 4 is 16.0 Å². The summed E-state index contributed by atoms with van der Waals surface area (Å²) in [5.74, 6) is -0.459. The molecule has 1 aliphatic rings. The van der Waals surface area contributed by atoms with Crippen molar-refractivity contribution in [2.24, 2.45) is 0 Å². The molecular weight excluding hydrogens is 348 g/mol. The van der Waals surface area contributed by atoms with E-state index in [9.17, 15) is 13.2 Å². The summed E-state index contributed by atoms with van der Waals surface area (Å²) in [6, 6.07) is 8.96. The predicted octanol–water partition coefficient (Wildman–Crippen LogP) is 1.37. The average molecular weight is 364 g/mol. The van der Waals surface area contributed by atoms with Crippen molar-refractivity contribution in [3.05, 3.63) is 47.7 Å². The highest BCUT2D eigenvalue weighted by Crippen LogP contribution is 2.26. The molecular formula is C16H16N2O6S. The maximum atomic E-state index is 12.8. The molecule has 25 heavy (non-hydrogen) atoms. The van der Waals surface area contributed by atoms with Gasteiger partial charge in [-0.2, -0.15) is 4.31 Å². The minimum absolute atomic E-state index is 0.0522. The van der Waals surface area contributed by atoms with Crippen molar-refractivity contribution in [1.82, 2.24) is 9.29 Å². The van der Waals surface area contributed by atoms with Gasteiger partial charge in [0, 0.05) is 18.7 Å². The number of rotatable bonds is 4. The number of benzene rings is 1. The van der Waals surface area contributed by atoms with Crippen molar-refractivity contribution in [2.75, 3.05) is 20.3 Å². The van der Waals surface area contributed by atoms with Gasteiger partial charge in [0.05, 0.1) is 12.0 Å². The lowest BCUT2D eigenvalue weighted by Crippen LogP contribution is -2.32. The summed E-state index contributed by atoms with van der Waals surface area (Å²) in [4.78, 5) is 15.1. The van der Waals surface area contributed by atoms with Gasteiger partial charge in [-0.3, -0.25) is 0 Å². The van der Waals surface area contributed by atoms with Crippen LogP contribution >= 0.6 is 0 Å². The molecule has 3 rings (SSSR count). The van der Waals surface area contributed by atoms with Crippen LogP contribution in [0.4, 0.5) is 0 Å². The van der Waals surface area contributed by atoms with Crippen molar-refractivity contribution in [3.8, 4) is 11.6 Å². The van der Waals surface area contributed by atoms with E-state index in [2.05, 4.69) is 4.98 Å². The number of fused-ring (bicyclic) bond motifs is 1. The van der Waals surface area contributed by atoms with Gasteiger partial charge in [0.25, 0.3) is 0 Å². The fourth-order valence-electron chi connectivity index (χ4n) is 2.45. The van der Waals surface area contributed by atoms with Gasteiger partial charge in [-0.25, -0.2) is 18.2 Å².